The highest BCUT2D eigenvalue weighted by molar-refractivity contribution is 5.85. The zero-order valence-electron chi connectivity index (χ0n) is 16.5. The van der Waals surface area contributed by atoms with Crippen molar-refractivity contribution in [2.75, 3.05) is 13.6 Å². The fraction of sp³-hybridized carbons (Fsp3) is 0.524. The number of hydrazine groups is 1. The molecule has 1 aliphatic carbocycles. The second kappa shape index (κ2) is 8.12. The summed E-state index contributed by atoms with van der Waals surface area (Å²) in [6, 6.07) is 7.94. The van der Waals surface area contributed by atoms with Crippen molar-refractivity contribution in [2.24, 2.45) is 5.92 Å². The molecule has 3 unspecified atom stereocenters. The van der Waals surface area contributed by atoms with Crippen LogP contribution in [0.5, 0.6) is 0 Å². The Labute approximate surface area is 160 Å². The Morgan fingerprint density at radius 1 is 1.44 bits per heavy atom. The average Bonchev–Trinajstić information content (AvgIpc) is 3.30. The Balaban J connectivity index is 1.63. The Kier molecular flexibility index (Phi) is 5.83. The summed E-state index contributed by atoms with van der Waals surface area (Å²) in [4.78, 5) is 16.0. The van der Waals surface area contributed by atoms with Crippen molar-refractivity contribution in [3.8, 4) is 6.07 Å². The van der Waals surface area contributed by atoms with E-state index < -0.39 is 0 Å². The predicted octanol–water partition coefficient (Wildman–Crippen LogP) is 2.88. The van der Waals surface area contributed by atoms with Crippen molar-refractivity contribution >= 4 is 16.8 Å². The summed E-state index contributed by atoms with van der Waals surface area (Å²) in [6.45, 7) is 6.88. The number of nitriles is 1. The summed E-state index contributed by atoms with van der Waals surface area (Å²) in [5.41, 5.74) is 6.04. The molecule has 3 N–H and O–H groups in total. The molecule has 0 saturated heterocycles. The van der Waals surface area contributed by atoms with Gasteiger partial charge in [-0.3, -0.25) is 9.80 Å². The van der Waals surface area contributed by atoms with Crippen molar-refractivity contribution in [3.05, 3.63) is 35.5 Å². The van der Waals surface area contributed by atoms with Crippen molar-refractivity contribution in [1.82, 2.24) is 20.7 Å². The minimum absolute atomic E-state index is 0.0953. The summed E-state index contributed by atoms with van der Waals surface area (Å²) >= 11 is 0. The first-order chi connectivity index (χ1) is 13.0. The molecule has 0 spiro atoms. The predicted molar refractivity (Wildman–Crippen MR) is 107 cm³/mol. The Hall–Kier alpha value is -2.36. The molecule has 1 aromatic heterocycles. The molecular formula is C21H29N5O. The highest BCUT2D eigenvalue weighted by Gasteiger charge is 2.40. The molecule has 0 aliphatic heterocycles. The standard InChI is InChI=1S/C21H29N5O/c1-5-19(21(27)26(23-4)13(2)3)24-11-15-9-16(15)18-12-25-20-7-6-14(10-22)8-17(18)20/h6-8,12-13,15-16,19,23-25H,5,9,11H2,1-4H3. The van der Waals surface area contributed by atoms with Crippen molar-refractivity contribution < 1.29 is 4.79 Å². The van der Waals surface area contributed by atoms with Gasteiger partial charge in [-0.2, -0.15) is 5.26 Å². The molecule has 0 radical (unpaired) electrons. The number of rotatable bonds is 8. The monoisotopic (exact) mass is 367 g/mol. The Morgan fingerprint density at radius 3 is 2.85 bits per heavy atom. The van der Waals surface area contributed by atoms with E-state index in [1.165, 1.54) is 5.56 Å². The van der Waals surface area contributed by atoms with Crippen molar-refractivity contribution in [2.45, 2.75) is 51.6 Å². The summed E-state index contributed by atoms with van der Waals surface area (Å²) < 4.78 is 0. The summed E-state index contributed by atoms with van der Waals surface area (Å²) in [7, 11) is 1.79. The second-order valence-electron chi connectivity index (χ2n) is 7.61. The molecule has 1 aromatic carbocycles. The maximum Gasteiger partial charge on any atom is 0.254 e. The molecule has 0 bridgehead atoms. The van der Waals surface area contributed by atoms with Crippen LogP contribution in [0.15, 0.2) is 24.4 Å². The molecule has 1 heterocycles. The lowest BCUT2D eigenvalue weighted by molar-refractivity contribution is -0.138. The molecule has 3 rings (SSSR count). The minimum Gasteiger partial charge on any atom is -0.361 e. The van der Waals surface area contributed by atoms with E-state index in [4.69, 9.17) is 5.26 Å². The number of nitrogens with one attached hydrogen (secondary N) is 3. The quantitative estimate of drug-likeness (QED) is 0.627. The van der Waals surface area contributed by atoms with E-state index in [2.05, 4.69) is 28.0 Å². The maximum absolute atomic E-state index is 12.7. The molecular weight excluding hydrogens is 338 g/mol. The first-order valence-corrected chi connectivity index (χ1v) is 9.75. The third kappa shape index (κ3) is 4.00. The lowest BCUT2D eigenvalue weighted by Gasteiger charge is -2.29. The van der Waals surface area contributed by atoms with Gasteiger partial charge in [0, 0.05) is 30.2 Å². The number of carbonyl (C=O) groups is 1. The van der Waals surface area contributed by atoms with Crippen LogP contribution in [0.25, 0.3) is 10.9 Å². The van der Waals surface area contributed by atoms with Gasteiger partial charge in [0.25, 0.3) is 5.91 Å². The van der Waals surface area contributed by atoms with Crippen LogP contribution >= 0.6 is 0 Å². The zero-order chi connectivity index (χ0) is 19.6. The number of H-pyrrole nitrogens is 1. The van der Waals surface area contributed by atoms with E-state index in [0.29, 0.717) is 17.4 Å². The SMILES string of the molecule is CCC(NCC1CC1c1c[nH]c2ccc(C#N)cc12)C(=O)N(NC)C(C)C. The van der Waals surface area contributed by atoms with E-state index >= 15 is 0 Å². The number of fused-ring (bicyclic) bond motifs is 1. The topological polar surface area (TPSA) is 84.0 Å². The van der Waals surface area contributed by atoms with E-state index in [1.807, 2.05) is 39.0 Å². The van der Waals surface area contributed by atoms with E-state index in [-0.39, 0.29) is 18.0 Å². The van der Waals surface area contributed by atoms with Gasteiger partial charge < -0.3 is 10.3 Å². The van der Waals surface area contributed by atoms with E-state index in [1.54, 1.807) is 12.1 Å². The van der Waals surface area contributed by atoms with Gasteiger partial charge in [0.1, 0.15) is 0 Å². The van der Waals surface area contributed by atoms with Gasteiger partial charge in [0.2, 0.25) is 0 Å². The van der Waals surface area contributed by atoms with Crippen LogP contribution < -0.4 is 10.7 Å². The largest absolute Gasteiger partial charge is 0.361 e. The number of aromatic amines is 1. The van der Waals surface area contributed by atoms with Crippen LogP contribution in [-0.2, 0) is 4.79 Å². The molecule has 27 heavy (non-hydrogen) atoms. The average molecular weight is 367 g/mol. The maximum atomic E-state index is 12.7. The lowest BCUT2D eigenvalue weighted by atomic mass is 10.1. The smallest absolute Gasteiger partial charge is 0.254 e. The highest BCUT2D eigenvalue weighted by atomic mass is 16.2. The van der Waals surface area contributed by atoms with Crippen molar-refractivity contribution in [1.29, 1.82) is 5.26 Å². The number of aromatic nitrogens is 1. The minimum atomic E-state index is -0.172. The summed E-state index contributed by atoms with van der Waals surface area (Å²) in [6.07, 6.45) is 3.95. The van der Waals surface area contributed by atoms with E-state index in [0.717, 1.165) is 30.3 Å². The Bertz CT molecular complexity index is 850. The first-order valence-electron chi connectivity index (χ1n) is 9.75. The molecule has 144 valence electrons. The molecule has 2 aromatic rings. The fourth-order valence-corrected chi connectivity index (χ4v) is 3.86. The molecule has 6 heteroatoms. The van der Waals surface area contributed by atoms with Crippen LogP contribution in [0.3, 0.4) is 0 Å². The van der Waals surface area contributed by atoms with Crippen LogP contribution in [0.1, 0.15) is 50.7 Å². The third-order valence-corrected chi connectivity index (χ3v) is 5.49. The van der Waals surface area contributed by atoms with Gasteiger partial charge in [0.15, 0.2) is 0 Å². The molecule has 1 fully saturated rings. The van der Waals surface area contributed by atoms with Crippen LogP contribution in [0.2, 0.25) is 0 Å². The van der Waals surface area contributed by atoms with Crippen molar-refractivity contribution in [3.63, 3.8) is 0 Å². The fourth-order valence-electron chi connectivity index (χ4n) is 3.86. The lowest BCUT2D eigenvalue weighted by Crippen LogP contribution is -2.53. The number of benzene rings is 1. The summed E-state index contributed by atoms with van der Waals surface area (Å²) in [5, 5.41) is 15.5. The van der Waals surface area contributed by atoms with Crippen LogP contribution in [0, 0.1) is 17.2 Å². The number of amides is 1. The van der Waals surface area contributed by atoms with Crippen LogP contribution in [-0.4, -0.2) is 41.6 Å². The van der Waals surface area contributed by atoms with Gasteiger partial charge in [-0.1, -0.05) is 6.92 Å². The molecule has 6 nitrogen and oxygen atoms in total. The molecule has 1 aliphatic rings. The second-order valence-corrected chi connectivity index (χ2v) is 7.61. The van der Waals surface area contributed by atoms with Gasteiger partial charge in [-0.15, -0.1) is 0 Å². The number of hydrogen-bond acceptors (Lipinski definition) is 4. The third-order valence-electron chi connectivity index (χ3n) is 5.49. The molecule has 1 amide bonds. The highest BCUT2D eigenvalue weighted by Crippen LogP contribution is 2.49. The van der Waals surface area contributed by atoms with Gasteiger partial charge >= 0.3 is 0 Å². The van der Waals surface area contributed by atoms with Gasteiger partial charge in [-0.25, -0.2) is 5.43 Å². The van der Waals surface area contributed by atoms with E-state index in [9.17, 15) is 4.79 Å². The summed E-state index contributed by atoms with van der Waals surface area (Å²) in [5.74, 6) is 1.11. The number of nitrogens with zero attached hydrogens (tertiary/aromatic N) is 2. The van der Waals surface area contributed by atoms with Crippen LogP contribution in [0.4, 0.5) is 0 Å². The molecule has 3 atom stereocenters. The first kappa shape index (κ1) is 19.4. The molecule has 1 saturated carbocycles. The van der Waals surface area contributed by atoms with Gasteiger partial charge in [0.05, 0.1) is 17.7 Å². The number of hydrogen-bond donors (Lipinski definition) is 3. The normalized spacial score (nSPS) is 19.9. The van der Waals surface area contributed by atoms with Gasteiger partial charge in [-0.05, 0) is 68.8 Å². The number of carbonyl (C=O) groups excluding carboxylic acids is 1. The Morgan fingerprint density at radius 2 is 2.22 bits per heavy atom. The zero-order valence-corrected chi connectivity index (χ0v) is 16.5.